The molecule has 2 aliphatic heterocycles. The van der Waals surface area contributed by atoms with E-state index in [1.165, 1.54) is 18.2 Å². The van der Waals surface area contributed by atoms with E-state index in [-0.39, 0.29) is 25.0 Å². The van der Waals surface area contributed by atoms with Crippen molar-refractivity contribution in [1.82, 2.24) is 9.88 Å². The fourth-order valence-electron chi connectivity index (χ4n) is 3.42. The molecule has 150 valence electrons. The van der Waals surface area contributed by atoms with Crippen molar-refractivity contribution in [2.75, 3.05) is 37.9 Å². The molecule has 0 spiro atoms. The van der Waals surface area contributed by atoms with Gasteiger partial charge in [-0.2, -0.15) is 0 Å². The molecule has 9 nitrogen and oxygen atoms in total. The molecular weight excluding hydrogens is 376 g/mol. The molecule has 0 radical (unpaired) electrons. The van der Waals surface area contributed by atoms with Crippen molar-refractivity contribution in [3.05, 3.63) is 63.8 Å². The standard InChI is InChI=1S/C20H20N4O5/c25-19(23-9-7-22(8-10-23)18-3-1-2-6-21-18)5-4-15-11-17(24(26)27)12-16-13-28-14-29-20(15)16/h1-6,11-12H,7-10,13-14H2/b5-4+. The Morgan fingerprint density at radius 3 is 2.76 bits per heavy atom. The summed E-state index contributed by atoms with van der Waals surface area (Å²) in [6.07, 6.45) is 4.77. The number of nitrogens with zero attached hydrogens (tertiary/aromatic N) is 4. The number of carbonyl (C=O) groups is 1. The molecule has 0 saturated carbocycles. The predicted molar refractivity (Wildman–Crippen MR) is 105 cm³/mol. The highest BCUT2D eigenvalue weighted by Gasteiger charge is 2.22. The third-order valence-corrected chi connectivity index (χ3v) is 4.90. The van der Waals surface area contributed by atoms with E-state index in [4.69, 9.17) is 9.47 Å². The van der Waals surface area contributed by atoms with E-state index >= 15 is 0 Å². The van der Waals surface area contributed by atoms with E-state index in [1.54, 1.807) is 17.2 Å². The molecule has 3 heterocycles. The maximum absolute atomic E-state index is 12.6. The van der Waals surface area contributed by atoms with Gasteiger partial charge in [0, 0.05) is 61.7 Å². The third kappa shape index (κ3) is 4.19. The minimum Gasteiger partial charge on any atom is -0.467 e. The maximum Gasteiger partial charge on any atom is 0.270 e. The molecule has 1 aromatic heterocycles. The SMILES string of the molecule is O=C(/C=C/c1cc([N+](=O)[O-])cc2c1OCOC2)N1CCN(c2ccccn2)CC1. The predicted octanol–water partition coefficient (Wildman–Crippen LogP) is 2.22. The number of hydrogen-bond donors (Lipinski definition) is 0. The molecule has 1 saturated heterocycles. The van der Waals surface area contributed by atoms with Gasteiger partial charge >= 0.3 is 0 Å². The number of carbonyl (C=O) groups excluding carboxylic acids is 1. The lowest BCUT2D eigenvalue weighted by molar-refractivity contribution is -0.385. The highest BCUT2D eigenvalue weighted by molar-refractivity contribution is 5.92. The fraction of sp³-hybridized carbons (Fsp3) is 0.300. The number of hydrogen-bond acceptors (Lipinski definition) is 7. The molecule has 0 aliphatic carbocycles. The number of anilines is 1. The molecule has 0 N–H and O–H groups in total. The Kier molecular flexibility index (Phi) is 5.39. The molecule has 0 unspecified atom stereocenters. The fourth-order valence-corrected chi connectivity index (χ4v) is 3.42. The summed E-state index contributed by atoms with van der Waals surface area (Å²) in [5.74, 6) is 1.28. The van der Waals surface area contributed by atoms with E-state index in [2.05, 4.69) is 9.88 Å². The van der Waals surface area contributed by atoms with Crippen LogP contribution in [0.25, 0.3) is 6.08 Å². The number of nitro benzene ring substituents is 1. The van der Waals surface area contributed by atoms with Gasteiger partial charge in [-0.05, 0) is 18.2 Å². The number of nitro groups is 1. The normalized spacial score (nSPS) is 16.4. The summed E-state index contributed by atoms with van der Waals surface area (Å²) in [5.41, 5.74) is 1.04. The third-order valence-electron chi connectivity index (χ3n) is 4.90. The first-order valence-corrected chi connectivity index (χ1v) is 9.26. The van der Waals surface area contributed by atoms with E-state index in [9.17, 15) is 14.9 Å². The Labute approximate surface area is 167 Å². The van der Waals surface area contributed by atoms with E-state index in [1.807, 2.05) is 18.2 Å². The lowest BCUT2D eigenvalue weighted by Gasteiger charge is -2.34. The first-order chi connectivity index (χ1) is 14.1. The average molecular weight is 396 g/mol. The average Bonchev–Trinajstić information content (AvgIpc) is 2.77. The molecule has 1 aromatic carbocycles. The summed E-state index contributed by atoms with van der Waals surface area (Å²) in [6.45, 7) is 2.87. The molecule has 0 atom stereocenters. The van der Waals surface area contributed by atoms with Crippen LogP contribution < -0.4 is 9.64 Å². The van der Waals surface area contributed by atoms with Crippen LogP contribution in [0.5, 0.6) is 5.75 Å². The topological polar surface area (TPSA) is 98.0 Å². The first kappa shape index (κ1) is 18.9. The van der Waals surface area contributed by atoms with Crippen molar-refractivity contribution in [2.45, 2.75) is 6.61 Å². The molecule has 1 amide bonds. The van der Waals surface area contributed by atoms with Crippen molar-refractivity contribution < 1.29 is 19.2 Å². The van der Waals surface area contributed by atoms with Gasteiger partial charge in [-0.15, -0.1) is 0 Å². The van der Waals surface area contributed by atoms with Gasteiger partial charge in [-0.25, -0.2) is 4.98 Å². The summed E-state index contributed by atoms with van der Waals surface area (Å²) in [4.78, 5) is 31.6. The molecular formula is C20H20N4O5. The highest BCUT2D eigenvalue weighted by atomic mass is 16.7. The van der Waals surface area contributed by atoms with Gasteiger partial charge in [0.1, 0.15) is 11.6 Å². The van der Waals surface area contributed by atoms with Crippen LogP contribution in [0.2, 0.25) is 0 Å². The minimum atomic E-state index is -0.467. The number of rotatable bonds is 4. The molecule has 4 rings (SSSR count). The van der Waals surface area contributed by atoms with Crippen molar-refractivity contribution in [3.8, 4) is 5.75 Å². The highest BCUT2D eigenvalue weighted by Crippen LogP contribution is 2.33. The Morgan fingerprint density at radius 2 is 2.03 bits per heavy atom. The molecule has 1 fully saturated rings. The molecule has 2 aliphatic rings. The quantitative estimate of drug-likeness (QED) is 0.444. The zero-order valence-corrected chi connectivity index (χ0v) is 15.7. The van der Waals surface area contributed by atoms with Crippen LogP contribution in [0.4, 0.5) is 11.5 Å². The Hall–Kier alpha value is -3.46. The molecule has 9 heteroatoms. The van der Waals surface area contributed by atoms with Crippen molar-refractivity contribution >= 4 is 23.5 Å². The smallest absolute Gasteiger partial charge is 0.270 e. The van der Waals surface area contributed by atoms with Crippen molar-refractivity contribution in [1.29, 1.82) is 0 Å². The second-order valence-electron chi connectivity index (χ2n) is 6.72. The summed E-state index contributed by atoms with van der Waals surface area (Å²) in [6, 6.07) is 8.61. The molecule has 29 heavy (non-hydrogen) atoms. The van der Waals surface area contributed by atoms with Crippen LogP contribution in [0.3, 0.4) is 0 Å². The van der Waals surface area contributed by atoms with Crippen LogP contribution in [0.15, 0.2) is 42.6 Å². The van der Waals surface area contributed by atoms with Gasteiger partial charge in [0.2, 0.25) is 5.91 Å². The number of pyridine rings is 1. The Morgan fingerprint density at radius 1 is 1.21 bits per heavy atom. The van der Waals surface area contributed by atoms with Crippen molar-refractivity contribution in [2.24, 2.45) is 0 Å². The lowest BCUT2D eigenvalue weighted by atomic mass is 10.1. The zero-order chi connectivity index (χ0) is 20.2. The van der Waals surface area contributed by atoms with Gasteiger partial charge in [-0.3, -0.25) is 14.9 Å². The Balaban J connectivity index is 1.45. The summed E-state index contributed by atoms with van der Waals surface area (Å²) >= 11 is 0. The van der Waals surface area contributed by atoms with E-state index < -0.39 is 4.92 Å². The number of amides is 1. The maximum atomic E-state index is 12.6. The van der Waals surface area contributed by atoms with Gasteiger partial charge in [0.05, 0.1) is 11.5 Å². The van der Waals surface area contributed by atoms with E-state index in [0.29, 0.717) is 43.1 Å². The Bertz CT molecular complexity index is 939. The molecule has 0 bridgehead atoms. The summed E-state index contributed by atoms with van der Waals surface area (Å²) < 4.78 is 10.7. The number of piperazine rings is 1. The molecule has 2 aromatic rings. The van der Waals surface area contributed by atoms with Gasteiger partial charge in [0.15, 0.2) is 6.79 Å². The largest absolute Gasteiger partial charge is 0.467 e. The van der Waals surface area contributed by atoms with Crippen LogP contribution in [-0.4, -0.2) is 53.7 Å². The monoisotopic (exact) mass is 396 g/mol. The van der Waals surface area contributed by atoms with Crippen LogP contribution in [0.1, 0.15) is 11.1 Å². The second-order valence-corrected chi connectivity index (χ2v) is 6.72. The van der Waals surface area contributed by atoms with Crippen molar-refractivity contribution in [3.63, 3.8) is 0 Å². The second kappa shape index (κ2) is 8.27. The number of ether oxygens (including phenoxy) is 2. The number of fused-ring (bicyclic) bond motifs is 1. The van der Waals surface area contributed by atoms with Gasteiger partial charge in [0.25, 0.3) is 5.69 Å². The van der Waals surface area contributed by atoms with Crippen LogP contribution >= 0.6 is 0 Å². The zero-order valence-electron chi connectivity index (χ0n) is 15.7. The number of non-ortho nitro benzene ring substituents is 1. The van der Waals surface area contributed by atoms with Crippen LogP contribution in [-0.2, 0) is 16.1 Å². The number of aromatic nitrogens is 1. The summed E-state index contributed by atoms with van der Waals surface area (Å²) in [7, 11) is 0. The minimum absolute atomic E-state index is 0.0612. The summed E-state index contributed by atoms with van der Waals surface area (Å²) in [5, 5.41) is 11.2. The first-order valence-electron chi connectivity index (χ1n) is 9.26. The van der Waals surface area contributed by atoms with E-state index in [0.717, 1.165) is 5.82 Å². The lowest BCUT2D eigenvalue weighted by Crippen LogP contribution is -2.48. The van der Waals surface area contributed by atoms with Gasteiger partial charge < -0.3 is 19.3 Å². The number of benzene rings is 1. The van der Waals surface area contributed by atoms with Crippen LogP contribution in [0, 0.1) is 10.1 Å². The van der Waals surface area contributed by atoms with Gasteiger partial charge in [-0.1, -0.05) is 6.07 Å².